The van der Waals surface area contributed by atoms with Crippen molar-refractivity contribution in [2.45, 2.75) is 0 Å². The Morgan fingerprint density at radius 3 is 2.80 bits per heavy atom. The average molecular weight is 166 g/mol. The number of hydrogen-bond acceptors (Lipinski definition) is 4. The molecule has 5 nitrogen and oxygen atoms in total. The van der Waals surface area contributed by atoms with Crippen LogP contribution in [0.1, 0.15) is 0 Å². The Hall–Kier alpha value is -0.750. The minimum atomic E-state index is -3.98. The maximum atomic E-state index is 10.2. The highest BCUT2D eigenvalue weighted by atomic mass is 32.2. The molecule has 0 atom stereocenters. The molecule has 10 heavy (non-hydrogen) atoms. The normalized spacial score (nSPS) is 17.5. The molecule has 1 rings (SSSR count). The molecule has 0 saturated carbocycles. The average Bonchev–Trinajstić information content (AvgIpc) is 2.12. The van der Waals surface area contributed by atoms with E-state index in [-0.39, 0.29) is 12.6 Å². The molecule has 1 aliphatic rings. The molecular weight excluding hydrogens is 160 g/mol. The van der Waals surface area contributed by atoms with Crippen LogP contribution in [0.4, 0.5) is 0 Å². The molecule has 1 aliphatic heterocycles. The van der Waals surface area contributed by atoms with Crippen LogP contribution >= 0.6 is 0 Å². The summed E-state index contributed by atoms with van der Waals surface area (Å²) in [5.41, 5.74) is 0. The van der Waals surface area contributed by atoms with Crippen molar-refractivity contribution in [1.29, 1.82) is 0 Å². The summed E-state index contributed by atoms with van der Waals surface area (Å²) in [7, 11) is -3.98. The second kappa shape index (κ2) is 2.47. The van der Waals surface area contributed by atoms with E-state index in [2.05, 4.69) is 9.47 Å². The zero-order valence-corrected chi connectivity index (χ0v) is 5.80. The van der Waals surface area contributed by atoms with Crippen LogP contribution in [0.5, 0.6) is 0 Å². The van der Waals surface area contributed by atoms with E-state index < -0.39 is 15.9 Å². The first kappa shape index (κ1) is 7.36. The summed E-state index contributed by atoms with van der Waals surface area (Å²) in [6.07, 6.45) is 1.16. The zero-order valence-electron chi connectivity index (χ0n) is 4.98. The third-order valence-electron chi connectivity index (χ3n) is 0.852. The lowest BCUT2D eigenvalue weighted by Gasteiger charge is -1.95. The first-order valence-electron chi connectivity index (χ1n) is 2.46. The van der Waals surface area contributed by atoms with Crippen molar-refractivity contribution in [3.63, 3.8) is 0 Å². The maximum Gasteiger partial charge on any atom is 0.272 e. The van der Waals surface area contributed by atoms with Gasteiger partial charge in [0.2, 0.25) is 6.79 Å². The lowest BCUT2D eigenvalue weighted by molar-refractivity contribution is 0.0815. The number of hydrogen-bond donors (Lipinski definition) is 1. The van der Waals surface area contributed by atoms with Crippen LogP contribution in [-0.2, 0) is 19.6 Å². The predicted molar refractivity (Wildman–Crippen MR) is 31.5 cm³/mol. The lowest BCUT2D eigenvalue weighted by Crippen LogP contribution is -2.06. The SMILES string of the molecule is O=S(=O)(O)CC1=COCO1. The molecule has 0 spiro atoms. The van der Waals surface area contributed by atoms with Gasteiger partial charge in [-0.3, -0.25) is 4.55 Å². The summed E-state index contributed by atoms with van der Waals surface area (Å²) in [5, 5.41) is 0. The van der Waals surface area contributed by atoms with E-state index >= 15 is 0 Å². The molecule has 58 valence electrons. The van der Waals surface area contributed by atoms with Gasteiger partial charge in [-0.25, -0.2) is 0 Å². The molecule has 0 amide bonds. The van der Waals surface area contributed by atoms with Gasteiger partial charge in [-0.15, -0.1) is 0 Å². The van der Waals surface area contributed by atoms with Crippen LogP contribution in [0.15, 0.2) is 12.0 Å². The van der Waals surface area contributed by atoms with Gasteiger partial charge in [0, 0.05) is 0 Å². The van der Waals surface area contributed by atoms with Crippen molar-refractivity contribution in [2.24, 2.45) is 0 Å². The summed E-state index contributed by atoms with van der Waals surface area (Å²) in [4.78, 5) is 0. The number of ether oxygens (including phenoxy) is 2. The fraction of sp³-hybridized carbons (Fsp3) is 0.500. The summed E-state index contributed by atoms with van der Waals surface area (Å²) < 4.78 is 37.8. The van der Waals surface area contributed by atoms with E-state index in [4.69, 9.17) is 4.55 Å². The minimum absolute atomic E-state index is 0.0187. The van der Waals surface area contributed by atoms with Crippen LogP contribution in [-0.4, -0.2) is 25.5 Å². The predicted octanol–water partition coefficient (Wildman–Crippen LogP) is -0.280. The molecule has 0 aliphatic carbocycles. The molecule has 1 heterocycles. The lowest BCUT2D eigenvalue weighted by atomic mass is 10.6. The van der Waals surface area contributed by atoms with Crippen molar-refractivity contribution in [1.82, 2.24) is 0 Å². The molecular formula is C4H6O5S. The van der Waals surface area contributed by atoms with E-state index in [9.17, 15) is 8.42 Å². The quantitative estimate of drug-likeness (QED) is 0.571. The Morgan fingerprint density at radius 2 is 2.40 bits per heavy atom. The molecule has 0 aromatic rings. The zero-order chi connectivity index (χ0) is 7.61. The fourth-order valence-electron chi connectivity index (χ4n) is 0.526. The first-order chi connectivity index (χ1) is 4.58. The van der Waals surface area contributed by atoms with E-state index in [0.29, 0.717) is 0 Å². The molecule has 6 heteroatoms. The van der Waals surface area contributed by atoms with Gasteiger partial charge < -0.3 is 9.47 Å². The Labute approximate surface area is 58.0 Å². The highest BCUT2D eigenvalue weighted by Gasteiger charge is 2.14. The molecule has 1 N–H and O–H groups in total. The molecule has 0 radical (unpaired) electrons. The first-order valence-corrected chi connectivity index (χ1v) is 4.07. The van der Waals surface area contributed by atoms with Crippen LogP contribution in [0, 0.1) is 0 Å². The fourth-order valence-corrected chi connectivity index (χ4v) is 1.04. The Morgan fingerprint density at radius 1 is 1.70 bits per heavy atom. The van der Waals surface area contributed by atoms with Gasteiger partial charge in [0.05, 0.1) is 0 Å². The number of rotatable bonds is 2. The summed E-state index contributed by atoms with van der Waals surface area (Å²) >= 11 is 0. The van der Waals surface area contributed by atoms with Gasteiger partial charge in [0.25, 0.3) is 10.1 Å². The van der Waals surface area contributed by atoms with E-state index in [1.807, 2.05) is 0 Å². The highest BCUT2D eigenvalue weighted by molar-refractivity contribution is 7.85. The monoisotopic (exact) mass is 166 g/mol. The summed E-state index contributed by atoms with van der Waals surface area (Å²) in [6, 6.07) is 0. The molecule has 0 unspecified atom stereocenters. The molecule has 0 fully saturated rings. The maximum absolute atomic E-state index is 10.2. The topological polar surface area (TPSA) is 72.8 Å². The van der Waals surface area contributed by atoms with Crippen molar-refractivity contribution in [3.05, 3.63) is 12.0 Å². The third-order valence-corrected chi connectivity index (χ3v) is 1.50. The standard InChI is InChI=1S/C4H6O5S/c5-10(6,7)2-4-1-8-3-9-4/h1H,2-3H2,(H,5,6,7). The van der Waals surface area contributed by atoms with Crippen molar-refractivity contribution in [2.75, 3.05) is 12.5 Å². The van der Waals surface area contributed by atoms with Crippen LogP contribution in [0.2, 0.25) is 0 Å². The van der Waals surface area contributed by atoms with E-state index in [0.717, 1.165) is 6.26 Å². The van der Waals surface area contributed by atoms with E-state index in [1.54, 1.807) is 0 Å². The summed E-state index contributed by atoms with van der Waals surface area (Å²) in [5.74, 6) is -0.394. The second-order valence-electron chi connectivity index (χ2n) is 1.74. The summed E-state index contributed by atoms with van der Waals surface area (Å²) in [6.45, 7) is 0.0187. The molecule has 0 aromatic heterocycles. The van der Waals surface area contributed by atoms with E-state index in [1.165, 1.54) is 0 Å². The Balaban J connectivity index is 2.54. The van der Waals surface area contributed by atoms with Gasteiger partial charge in [-0.2, -0.15) is 8.42 Å². The second-order valence-corrected chi connectivity index (χ2v) is 3.19. The van der Waals surface area contributed by atoms with Gasteiger partial charge in [-0.1, -0.05) is 0 Å². The highest BCUT2D eigenvalue weighted by Crippen LogP contribution is 2.07. The smallest absolute Gasteiger partial charge is 0.272 e. The Kier molecular flexibility index (Phi) is 1.82. The molecule has 0 aromatic carbocycles. The van der Waals surface area contributed by atoms with Crippen LogP contribution in [0.3, 0.4) is 0 Å². The van der Waals surface area contributed by atoms with Gasteiger partial charge in [-0.05, 0) is 0 Å². The molecule has 0 saturated heterocycles. The Bertz CT molecular complexity index is 238. The largest absolute Gasteiger partial charge is 0.462 e. The van der Waals surface area contributed by atoms with Crippen molar-refractivity contribution < 1.29 is 22.4 Å². The van der Waals surface area contributed by atoms with Crippen molar-refractivity contribution >= 4 is 10.1 Å². The molecule has 0 bridgehead atoms. The van der Waals surface area contributed by atoms with Gasteiger partial charge in [0.1, 0.15) is 12.0 Å². The van der Waals surface area contributed by atoms with Crippen LogP contribution in [0.25, 0.3) is 0 Å². The van der Waals surface area contributed by atoms with Crippen LogP contribution < -0.4 is 0 Å². The third kappa shape index (κ3) is 2.24. The van der Waals surface area contributed by atoms with Crippen molar-refractivity contribution in [3.8, 4) is 0 Å². The van der Waals surface area contributed by atoms with Gasteiger partial charge >= 0.3 is 0 Å². The minimum Gasteiger partial charge on any atom is -0.462 e. The van der Waals surface area contributed by atoms with Gasteiger partial charge in [0.15, 0.2) is 5.76 Å².